The average molecular weight is 633 g/mol. The van der Waals surface area contributed by atoms with Crippen LogP contribution in [0.25, 0.3) is 55.1 Å². The van der Waals surface area contributed by atoms with Crippen LogP contribution in [0.15, 0.2) is 103 Å². The normalized spacial score (nSPS) is 11.8. The lowest BCUT2D eigenvalue weighted by Crippen LogP contribution is -2.02. The molecule has 0 fully saturated rings. The molecule has 4 aromatic carbocycles. The Balaban J connectivity index is 1.24. The number of hydrogen-bond acceptors (Lipinski definition) is 6. The highest BCUT2D eigenvalue weighted by Crippen LogP contribution is 2.30. The van der Waals surface area contributed by atoms with Gasteiger partial charge in [-0.2, -0.15) is 10.2 Å². The standard InChI is InChI=1S/C35H22Cl2N4O4/c1-18-30-32(38-40(18)24-9-5-22(36)6-10-24)26-16-20(3-13-28(26)44-34(30)42)15-21-4-14-29-27(17-21)33-31(35(43)45-29)19(2)41(39-33)25-11-7-23(37)8-12-25/h3-14,16-17H,15H2,1-2H3. The van der Waals surface area contributed by atoms with Gasteiger partial charge in [0, 0.05) is 20.8 Å². The van der Waals surface area contributed by atoms with E-state index in [9.17, 15) is 9.59 Å². The maximum atomic E-state index is 13.0. The molecule has 10 heteroatoms. The van der Waals surface area contributed by atoms with Gasteiger partial charge in [0.1, 0.15) is 33.0 Å². The van der Waals surface area contributed by atoms with Gasteiger partial charge in [-0.25, -0.2) is 19.0 Å². The zero-order chi connectivity index (χ0) is 31.0. The molecule has 0 bridgehead atoms. The Morgan fingerprint density at radius 2 is 1.00 bits per heavy atom. The summed E-state index contributed by atoms with van der Waals surface area (Å²) < 4.78 is 14.9. The van der Waals surface area contributed by atoms with Crippen molar-refractivity contribution in [2.75, 3.05) is 0 Å². The van der Waals surface area contributed by atoms with Gasteiger partial charge in [-0.05, 0) is 104 Å². The molecule has 45 heavy (non-hydrogen) atoms. The summed E-state index contributed by atoms with van der Waals surface area (Å²) in [4.78, 5) is 26.0. The van der Waals surface area contributed by atoms with E-state index in [1.165, 1.54) is 0 Å². The topological polar surface area (TPSA) is 96.1 Å². The summed E-state index contributed by atoms with van der Waals surface area (Å²) in [5.41, 5.74) is 6.13. The molecule has 0 unspecified atom stereocenters. The van der Waals surface area contributed by atoms with Crippen LogP contribution in [0.4, 0.5) is 0 Å². The molecule has 8 nitrogen and oxygen atoms in total. The van der Waals surface area contributed by atoms with Crippen molar-refractivity contribution in [2.24, 2.45) is 0 Å². The Morgan fingerprint density at radius 1 is 0.600 bits per heavy atom. The lowest BCUT2D eigenvalue weighted by molar-refractivity contribution is 0.569. The van der Waals surface area contributed by atoms with Gasteiger partial charge >= 0.3 is 11.3 Å². The van der Waals surface area contributed by atoms with Crippen LogP contribution in [0.3, 0.4) is 0 Å². The molecular weight excluding hydrogens is 611 g/mol. The minimum atomic E-state index is -0.434. The second-order valence-corrected chi connectivity index (χ2v) is 11.9. The number of aryl methyl sites for hydroxylation is 2. The summed E-state index contributed by atoms with van der Waals surface area (Å²) >= 11 is 12.2. The Bertz CT molecular complexity index is 2410. The first kappa shape index (κ1) is 27.4. The fourth-order valence-corrected chi connectivity index (χ4v) is 6.25. The fraction of sp³-hybridized carbons (Fsp3) is 0.0857. The number of nitrogens with zero attached hydrogens (tertiary/aromatic N) is 4. The van der Waals surface area contributed by atoms with Gasteiger partial charge in [-0.1, -0.05) is 35.3 Å². The predicted molar refractivity (Wildman–Crippen MR) is 177 cm³/mol. The van der Waals surface area contributed by atoms with Gasteiger partial charge in [0.25, 0.3) is 0 Å². The highest BCUT2D eigenvalue weighted by molar-refractivity contribution is 6.30. The van der Waals surface area contributed by atoms with Crippen molar-refractivity contribution in [3.05, 3.63) is 138 Å². The van der Waals surface area contributed by atoms with Crippen LogP contribution < -0.4 is 11.3 Å². The van der Waals surface area contributed by atoms with E-state index in [4.69, 9.17) is 42.2 Å². The molecule has 4 aromatic heterocycles. The van der Waals surface area contributed by atoms with Crippen molar-refractivity contribution in [1.29, 1.82) is 0 Å². The molecule has 0 aliphatic carbocycles. The van der Waals surface area contributed by atoms with Crippen molar-refractivity contribution in [3.63, 3.8) is 0 Å². The lowest BCUT2D eigenvalue weighted by Gasteiger charge is -2.06. The van der Waals surface area contributed by atoms with E-state index in [-0.39, 0.29) is 0 Å². The molecule has 0 aliphatic heterocycles. The van der Waals surface area contributed by atoms with Crippen LogP contribution in [0, 0.1) is 13.8 Å². The molecular formula is C35H22Cl2N4O4. The Hall–Kier alpha value is -5.18. The summed E-state index contributed by atoms with van der Waals surface area (Å²) in [6.45, 7) is 3.70. The summed E-state index contributed by atoms with van der Waals surface area (Å²) in [5, 5.41) is 13.2. The molecule has 0 saturated carbocycles. The van der Waals surface area contributed by atoms with Crippen LogP contribution in [-0.4, -0.2) is 19.6 Å². The summed E-state index contributed by atoms with van der Waals surface area (Å²) in [6, 6.07) is 26.0. The number of rotatable bonds is 4. The Morgan fingerprint density at radius 3 is 1.40 bits per heavy atom. The second kappa shape index (κ2) is 10.2. The average Bonchev–Trinajstić information content (AvgIpc) is 3.57. The minimum Gasteiger partial charge on any atom is -0.422 e. The monoisotopic (exact) mass is 632 g/mol. The van der Waals surface area contributed by atoms with Gasteiger partial charge in [0.15, 0.2) is 0 Å². The highest BCUT2D eigenvalue weighted by atomic mass is 35.5. The van der Waals surface area contributed by atoms with Crippen LogP contribution >= 0.6 is 23.2 Å². The van der Waals surface area contributed by atoms with Crippen molar-refractivity contribution in [2.45, 2.75) is 20.3 Å². The molecule has 0 atom stereocenters. The zero-order valence-corrected chi connectivity index (χ0v) is 25.5. The van der Waals surface area contributed by atoms with E-state index in [1.54, 1.807) is 45.8 Å². The van der Waals surface area contributed by atoms with E-state index in [0.717, 1.165) is 33.3 Å². The smallest absolute Gasteiger partial charge is 0.347 e. The molecule has 0 N–H and O–H groups in total. The molecule has 0 radical (unpaired) electrons. The number of fused-ring (bicyclic) bond motifs is 6. The molecule has 0 aliphatic rings. The molecule has 4 heterocycles. The Labute approximate surface area is 264 Å². The van der Waals surface area contributed by atoms with E-state index < -0.39 is 11.3 Å². The van der Waals surface area contributed by atoms with Gasteiger partial charge in [0.2, 0.25) is 0 Å². The van der Waals surface area contributed by atoms with Gasteiger partial charge in [-0.15, -0.1) is 0 Å². The first-order chi connectivity index (χ1) is 21.7. The SMILES string of the molecule is Cc1c2c(=O)oc3ccc(Cc4ccc5oc(=O)c6c(C)n(-c7ccc(Cl)cc7)nc6c5c4)cc3c2nn1-c1ccc(Cl)cc1. The molecule has 8 aromatic rings. The third kappa shape index (κ3) is 4.44. The van der Waals surface area contributed by atoms with Crippen LogP contribution in [0.5, 0.6) is 0 Å². The molecule has 0 amide bonds. The number of halogens is 2. The Kier molecular flexibility index (Phi) is 6.20. The maximum absolute atomic E-state index is 13.0. The van der Waals surface area contributed by atoms with Gasteiger partial charge in [-0.3, -0.25) is 0 Å². The lowest BCUT2D eigenvalue weighted by atomic mass is 10.0. The van der Waals surface area contributed by atoms with E-state index in [0.29, 0.717) is 60.8 Å². The first-order valence-electron chi connectivity index (χ1n) is 14.2. The molecule has 0 saturated heterocycles. The summed E-state index contributed by atoms with van der Waals surface area (Å²) in [7, 11) is 0. The van der Waals surface area contributed by atoms with Crippen molar-refractivity contribution in [3.8, 4) is 11.4 Å². The van der Waals surface area contributed by atoms with Gasteiger partial charge in [0.05, 0.1) is 22.8 Å². The predicted octanol–water partition coefficient (Wildman–Crippen LogP) is 8.09. The van der Waals surface area contributed by atoms with Crippen LogP contribution in [0.2, 0.25) is 10.0 Å². The van der Waals surface area contributed by atoms with E-state index in [2.05, 4.69) is 0 Å². The number of benzene rings is 4. The number of hydrogen-bond donors (Lipinski definition) is 0. The minimum absolute atomic E-state index is 0.434. The zero-order valence-electron chi connectivity index (χ0n) is 24.0. The van der Waals surface area contributed by atoms with Crippen molar-refractivity contribution >= 4 is 66.9 Å². The van der Waals surface area contributed by atoms with E-state index in [1.807, 2.05) is 62.4 Å². The van der Waals surface area contributed by atoms with Crippen molar-refractivity contribution < 1.29 is 8.83 Å². The van der Waals surface area contributed by atoms with Crippen LogP contribution in [0.1, 0.15) is 22.5 Å². The molecule has 220 valence electrons. The molecule has 0 spiro atoms. The first-order valence-corrected chi connectivity index (χ1v) is 14.9. The number of aromatic nitrogens is 4. The highest BCUT2D eigenvalue weighted by Gasteiger charge is 2.20. The van der Waals surface area contributed by atoms with Gasteiger partial charge < -0.3 is 8.83 Å². The second-order valence-electron chi connectivity index (χ2n) is 11.0. The molecule has 8 rings (SSSR count). The maximum Gasteiger partial charge on any atom is 0.347 e. The van der Waals surface area contributed by atoms with Crippen LogP contribution in [-0.2, 0) is 6.42 Å². The quantitative estimate of drug-likeness (QED) is 0.182. The third-order valence-corrected chi connectivity index (χ3v) is 8.70. The van der Waals surface area contributed by atoms with Crippen molar-refractivity contribution in [1.82, 2.24) is 19.6 Å². The summed E-state index contributed by atoms with van der Waals surface area (Å²) in [6.07, 6.45) is 0.570. The third-order valence-electron chi connectivity index (χ3n) is 8.20. The largest absolute Gasteiger partial charge is 0.422 e. The summed E-state index contributed by atoms with van der Waals surface area (Å²) in [5.74, 6) is 0. The fourth-order valence-electron chi connectivity index (χ4n) is 6.00. The van der Waals surface area contributed by atoms with E-state index >= 15 is 0 Å².